The summed E-state index contributed by atoms with van der Waals surface area (Å²) in [5.41, 5.74) is 0.463. The second-order valence-corrected chi connectivity index (χ2v) is 14.7. The number of aliphatic hydroxyl groups excluding tert-OH is 1. The van der Waals surface area contributed by atoms with Crippen LogP contribution in [-0.2, 0) is 30.3 Å². The van der Waals surface area contributed by atoms with Crippen LogP contribution in [-0.4, -0.2) is 66.7 Å². The van der Waals surface area contributed by atoms with Gasteiger partial charge < -0.3 is 30.5 Å². The van der Waals surface area contributed by atoms with Gasteiger partial charge in [-0.15, -0.1) is 11.6 Å². The van der Waals surface area contributed by atoms with Gasteiger partial charge in [-0.25, -0.2) is 4.79 Å². The first-order chi connectivity index (χ1) is 23.8. The van der Waals surface area contributed by atoms with Gasteiger partial charge in [0, 0.05) is 25.3 Å². The van der Waals surface area contributed by atoms with E-state index < -0.39 is 58.8 Å². The first kappa shape index (κ1) is 39.2. The zero-order chi connectivity index (χ0) is 36.4. The van der Waals surface area contributed by atoms with Gasteiger partial charge in [0.25, 0.3) is 0 Å². The van der Waals surface area contributed by atoms with E-state index in [4.69, 9.17) is 32.7 Å². The Kier molecular flexibility index (Phi) is 14.2. The molecule has 272 valence electrons. The minimum absolute atomic E-state index is 0.0368. The number of hydrogen-bond donors (Lipinski definition) is 4. The van der Waals surface area contributed by atoms with Crippen molar-refractivity contribution in [1.82, 2.24) is 16.0 Å². The van der Waals surface area contributed by atoms with Crippen LogP contribution in [0.5, 0.6) is 5.75 Å². The first-order valence-electron chi connectivity index (χ1n) is 17.3. The quantitative estimate of drug-likeness (QED) is 0.199. The number of carbonyl (C=O) groups excluding carboxylic acids is 4. The minimum Gasteiger partial charge on any atom is -0.495 e. The van der Waals surface area contributed by atoms with E-state index in [1.807, 2.05) is 44.2 Å². The second kappa shape index (κ2) is 18.1. The molecule has 2 aromatic carbocycles. The van der Waals surface area contributed by atoms with Crippen LogP contribution in [0.15, 0.2) is 60.7 Å². The lowest BCUT2D eigenvalue weighted by Gasteiger charge is -2.33. The number of carbonyl (C=O) groups is 4. The molecule has 10 nitrogen and oxygen atoms in total. The van der Waals surface area contributed by atoms with Crippen LogP contribution >= 0.6 is 23.2 Å². The zero-order valence-electron chi connectivity index (χ0n) is 29.1. The molecule has 3 amide bonds. The average molecular weight is 731 g/mol. The summed E-state index contributed by atoms with van der Waals surface area (Å²) in [6.07, 6.45) is 3.96. The third kappa shape index (κ3) is 10.2. The van der Waals surface area contributed by atoms with Crippen LogP contribution < -0.4 is 20.7 Å². The molecule has 1 aliphatic heterocycles. The van der Waals surface area contributed by atoms with Gasteiger partial charge in [0.05, 0.1) is 29.0 Å². The molecule has 12 heteroatoms. The number of halogens is 2. The van der Waals surface area contributed by atoms with Crippen molar-refractivity contribution in [2.75, 3.05) is 13.7 Å². The number of esters is 1. The number of alkyl halides is 1. The molecule has 1 saturated carbocycles. The molecule has 2 aromatic rings. The monoisotopic (exact) mass is 729 g/mol. The molecule has 6 atom stereocenters. The highest BCUT2D eigenvalue weighted by Gasteiger charge is 2.44. The maximum absolute atomic E-state index is 14.0. The van der Waals surface area contributed by atoms with E-state index in [9.17, 15) is 24.3 Å². The zero-order valence-corrected chi connectivity index (χ0v) is 30.6. The summed E-state index contributed by atoms with van der Waals surface area (Å²) >= 11 is 13.1. The fourth-order valence-corrected chi connectivity index (χ4v) is 7.30. The van der Waals surface area contributed by atoms with E-state index in [0.29, 0.717) is 41.2 Å². The molecule has 4 rings (SSSR count). The fraction of sp³-hybridized carbons (Fsp3) is 0.526. The molecule has 50 heavy (non-hydrogen) atoms. The molecule has 0 saturated heterocycles. The van der Waals surface area contributed by atoms with E-state index in [-0.39, 0.29) is 31.2 Å². The average Bonchev–Trinajstić information content (AvgIpc) is 3.59. The lowest BCUT2D eigenvalue weighted by Crippen LogP contribution is -2.55. The highest BCUT2D eigenvalue weighted by Crippen LogP contribution is 2.38. The summed E-state index contributed by atoms with van der Waals surface area (Å²) in [4.78, 5) is 54.8. The van der Waals surface area contributed by atoms with E-state index in [0.717, 1.165) is 12.8 Å². The number of aliphatic hydroxyl groups is 1. The number of nitrogens with one attached hydrogen (secondary N) is 3. The Hall–Kier alpha value is -3.60. The van der Waals surface area contributed by atoms with Crippen LogP contribution in [0.4, 0.5) is 0 Å². The number of rotatable bonds is 9. The molecule has 0 bridgehead atoms. The molecule has 1 spiro atoms. The summed E-state index contributed by atoms with van der Waals surface area (Å²) in [6.45, 7) is 5.67. The van der Waals surface area contributed by atoms with E-state index in [2.05, 4.69) is 16.0 Å². The van der Waals surface area contributed by atoms with Crippen LogP contribution in [0, 0.1) is 17.3 Å². The summed E-state index contributed by atoms with van der Waals surface area (Å²) in [5, 5.41) is 19.6. The van der Waals surface area contributed by atoms with Gasteiger partial charge in [0.1, 0.15) is 23.9 Å². The van der Waals surface area contributed by atoms with Crippen molar-refractivity contribution in [1.29, 1.82) is 0 Å². The fourth-order valence-electron chi connectivity index (χ4n) is 6.65. The van der Waals surface area contributed by atoms with Crippen LogP contribution in [0.2, 0.25) is 5.02 Å². The van der Waals surface area contributed by atoms with Gasteiger partial charge in [-0.1, -0.05) is 87.7 Å². The Bertz CT molecular complexity index is 1510. The smallest absolute Gasteiger partial charge is 0.328 e. The highest BCUT2D eigenvalue weighted by molar-refractivity contribution is 6.32. The standard InChI is InChI=1S/C38H49Cl2N3O7/c1-23(2)19-29-36(47)50-30(24(3)34(45)33(40)26-11-6-5-7-12-26)13-10-14-32(44)42-28(21-25-15-16-31(49-4)27(39)20-25)35(46)41-22-38(37(48)43-29)17-8-9-18-38/h5-7,10-12,14-16,20,23-24,28-30,33-34,45H,8-9,13,17-19,21-22H2,1-4H3,(H,41,46)(H,42,44)(H,43,48)/b14-10+/t24-,28+,29-,30-,33-,34+/m0/s1. The van der Waals surface area contributed by atoms with Crippen LogP contribution in [0.25, 0.3) is 0 Å². The van der Waals surface area contributed by atoms with Gasteiger partial charge in [-0.3, -0.25) is 14.4 Å². The van der Waals surface area contributed by atoms with Gasteiger partial charge >= 0.3 is 5.97 Å². The lowest BCUT2D eigenvalue weighted by molar-refractivity contribution is -0.158. The number of amides is 3. The lowest BCUT2D eigenvalue weighted by atomic mass is 9.84. The Labute approximate surface area is 304 Å². The minimum atomic E-state index is -1.12. The highest BCUT2D eigenvalue weighted by atomic mass is 35.5. The van der Waals surface area contributed by atoms with Gasteiger partial charge in [-0.2, -0.15) is 0 Å². The molecule has 1 aliphatic carbocycles. The van der Waals surface area contributed by atoms with Crippen molar-refractivity contribution >= 4 is 46.9 Å². The SMILES string of the molecule is COc1ccc(C[C@H]2NC(=O)/C=C/C[C@@H]([C@H](C)[C@@H](O)[C@@H](Cl)c3ccccc3)OC(=O)[C@H](CC(C)C)NC(=O)C3(CCCC3)CNC2=O)cc1Cl. The Morgan fingerprint density at radius 2 is 1.70 bits per heavy atom. The van der Waals surface area contributed by atoms with Gasteiger partial charge in [0.15, 0.2) is 0 Å². The topological polar surface area (TPSA) is 143 Å². The largest absolute Gasteiger partial charge is 0.495 e. The van der Waals surface area contributed by atoms with E-state index >= 15 is 0 Å². The van der Waals surface area contributed by atoms with Crippen molar-refractivity contribution < 1.29 is 33.8 Å². The predicted molar refractivity (Wildman–Crippen MR) is 193 cm³/mol. The molecule has 4 N–H and O–H groups in total. The maximum atomic E-state index is 14.0. The van der Waals surface area contributed by atoms with Crippen molar-refractivity contribution in [2.24, 2.45) is 17.3 Å². The summed E-state index contributed by atoms with van der Waals surface area (Å²) in [5.74, 6) is -2.10. The molecule has 1 heterocycles. The van der Waals surface area contributed by atoms with Crippen LogP contribution in [0.3, 0.4) is 0 Å². The van der Waals surface area contributed by atoms with Gasteiger partial charge in [-0.05, 0) is 54.5 Å². The number of hydrogen-bond acceptors (Lipinski definition) is 7. The van der Waals surface area contributed by atoms with Crippen LogP contribution in [0.1, 0.15) is 75.8 Å². The molecular formula is C38H49Cl2N3O7. The molecular weight excluding hydrogens is 681 g/mol. The molecule has 2 aliphatic rings. The van der Waals surface area contributed by atoms with E-state index in [1.54, 1.807) is 25.1 Å². The summed E-state index contributed by atoms with van der Waals surface area (Å²) in [6, 6.07) is 12.3. The third-order valence-corrected chi connectivity index (χ3v) is 10.5. The number of methoxy groups -OCH3 is 1. The van der Waals surface area contributed by atoms with Crippen molar-refractivity contribution in [3.63, 3.8) is 0 Å². The van der Waals surface area contributed by atoms with Crippen molar-refractivity contribution in [3.8, 4) is 5.75 Å². The van der Waals surface area contributed by atoms with Crippen molar-refractivity contribution in [2.45, 2.75) is 95.4 Å². The van der Waals surface area contributed by atoms with E-state index in [1.165, 1.54) is 19.3 Å². The number of benzene rings is 2. The number of cyclic esters (lactones) is 1. The third-order valence-electron chi connectivity index (χ3n) is 9.68. The Morgan fingerprint density at radius 1 is 1.00 bits per heavy atom. The predicted octanol–water partition coefficient (Wildman–Crippen LogP) is 5.43. The maximum Gasteiger partial charge on any atom is 0.328 e. The Balaban J connectivity index is 1.67. The first-order valence-corrected chi connectivity index (χ1v) is 18.1. The molecule has 1 fully saturated rings. The van der Waals surface area contributed by atoms with Crippen molar-refractivity contribution in [3.05, 3.63) is 76.8 Å². The molecule has 0 radical (unpaired) electrons. The molecule has 0 aromatic heterocycles. The van der Waals surface area contributed by atoms with Gasteiger partial charge in [0.2, 0.25) is 17.7 Å². The molecule has 0 unspecified atom stereocenters. The number of ether oxygens (including phenoxy) is 2. The second-order valence-electron chi connectivity index (χ2n) is 13.9. The Morgan fingerprint density at radius 3 is 2.34 bits per heavy atom. The normalized spacial score (nSPS) is 24.4. The summed E-state index contributed by atoms with van der Waals surface area (Å²) < 4.78 is 11.3. The summed E-state index contributed by atoms with van der Waals surface area (Å²) in [7, 11) is 1.51.